The molecule has 1 aliphatic carbocycles. The molecule has 1 saturated carbocycles. The lowest BCUT2D eigenvalue weighted by Crippen LogP contribution is -2.32. The minimum Gasteiger partial charge on any atom is -0.294 e. The van der Waals surface area contributed by atoms with E-state index in [2.05, 4.69) is 48.1 Å². The predicted octanol–water partition coefficient (Wildman–Crippen LogP) is 6.36. The summed E-state index contributed by atoms with van der Waals surface area (Å²) in [4.78, 5) is 7.15. The van der Waals surface area contributed by atoms with Gasteiger partial charge in [0.15, 0.2) is 0 Å². The molecule has 1 fully saturated rings. The number of aromatic nitrogens is 1. The normalized spacial score (nSPS) is 22.6. The average molecular weight is 371 g/mol. The fourth-order valence-electron chi connectivity index (χ4n) is 4.26. The average Bonchev–Trinajstić information content (AvgIpc) is 2.64. The zero-order chi connectivity index (χ0) is 18.4. The molecule has 3 rings (SSSR count). The third-order valence-electron chi connectivity index (χ3n) is 5.77. The summed E-state index contributed by atoms with van der Waals surface area (Å²) in [6.45, 7) is 3.53. The molecule has 26 heavy (non-hydrogen) atoms. The molecule has 3 unspecified atom stereocenters. The summed E-state index contributed by atoms with van der Waals surface area (Å²) >= 11 is 6.12. The summed E-state index contributed by atoms with van der Waals surface area (Å²) in [5.41, 5.74) is 2.37. The molecule has 3 atom stereocenters. The number of rotatable bonds is 5. The summed E-state index contributed by atoms with van der Waals surface area (Å²) < 4.78 is 0. The maximum Gasteiger partial charge on any atom is 0.0774 e. The van der Waals surface area contributed by atoms with Gasteiger partial charge in [0.2, 0.25) is 0 Å². The highest BCUT2D eigenvalue weighted by atomic mass is 35.5. The molecule has 1 aromatic heterocycles. The minimum absolute atomic E-state index is 0.177. The zero-order valence-electron chi connectivity index (χ0n) is 16.1. The Balaban J connectivity index is 1.78. The van der Waals surface area contributed by atoms with Gasteiger partial charge in [0.25, 0.3) is 0 Å². The monoisotopic (exact) mass is 370 g/mol. The summed E-state index contributed by atoms with van der Waals surface area (Å²) in [6, 6.07) is 14.6. The van der Waals surface area contributed by atoms with E-state index < -0.39 is 0 Å². The maximum atomic E-state index is 6.12. The van der Waals surface area contributed by atoms with Crippen LogP contribution in [0.3, 0.4) is 0 Å². The van der Waals surface area contributed by atoms with Crippen molar-refractivity contribution in [3.05, 3.63) is 64.9 Å². The highest BCUT2D eigenvalue weighted by molar-refractivity contribution is 6.30. The maximum absolute atomic E-state index is 6.12. The molecule has 0 amide bonds. The number of hydrogen-bond acceptors (Lipinski definition) is 2. The van der Waals surface area contributed by atoms with Crippen molar-refractivity contribution >= 4 is 11.6 Å². The fourth-order valence-corrected chi connectivity index (χ4v) is 4.39. The van der Waals surface area contributed by atoms with E-state index in [1.807, 2.05) is 24.4 Å². The van der Waals surface area contributed by atoms with Crippen molar-refractivity contribution in [1.29, 1.82) is 0 Å². The van der Waals surface area contributed by atoms with Crippen molar-refractivity contribution < 1.29 is 0 Å². The molecule has 1 heterocycles. The highest BCUT2D eigenvalue weighted by Crippen LogP contribution is 2.31. The lowest BCUT2D eigenvalue weighted by molar-refractivity contribution is 0.200. The molecular formula is C23H31ClN2. The van der Waals surface area contributed by atoms with Crippen LogP contribution in [0.15, 0.2) is 48.7 Å². The number of nitrogens with zero attached hydrogens (tertiary/aromatic N) is 2. The van der Waals surface area contributed by atoms with Crippen molar-refractivity contribution in [3.63, 3.8) is 0 Å². The molecule has 0 radical (unpaired) electrons. The predicted molar refractivity (Wildman–Crippen MR) is 111 cm³/mol. The van der Waals surface area contributed by atoms with Gasteiger partial charge in [-0.05, 0) is 61.6 Å². The second-order valence-corrected chi connectivity index (χ2v) is 8.42. The van der Waals surface area contributed by atoms with Crippen LogP contribution in [-0.2, 0) is 0 Å². The van der Waals surface area contributed by atoms with Crippen molar-refractivity contribution in [2.45, 2.75) is 51.5 Å². The van der Waals surface area contributed by atoms with E-state index in [4.69, 9.17) is 11.6 Å². The molecule has 2 nitrogen and oxygen atoms in total. The van der Waals surface area contributed by atoms with Crippen LogP contribution in [0.5, 0.6) is 0 Å². The first-order valence-corrected chi connectivity index (χ1v) is 10.4. The number of halogens is 1. The first-order valence-electron chi connectivity index (χ1n) is 10.00. The Labute approximate surface area is 163 Å². The van der Waals surface area contributed by atoms with Gasteiger partial charge in [0, 0.05) is 17.8 Å². The number of benzene rings is 1. The van der Waals surface area contributed by atoms with E-state index in [-0.39, 0.29) is 6.04 Å². The van der Waals surface area contributed by atoms with E-state index in [0.717, 1.165) is 29.1 Å². The zero-order valence-corrected chi connectivity index (χ0v) is 16.8. The first kappa shape index (κ1) is 19.4. The van der Waals surface area contributed by atoms with Crippen LogP contribution in [0.1, 0.15) is 62.7 Å². The Morgan fingerprint density at radius 3 is 2.54 bits per heavy atom. The lowest BCUT2D eigenvalue weighted by atomic mass is 9.85. The standard InChI is InChI=1S/C23H31ClN2/c1-18-7-3-4-8-19(11-10-18)17-26(2)23(22-9-5-6-16-25-22)20-12-14-21(24)15-13-20/h5-6,9,12-16,18-19,23H,3-4,7-8,10-11,17H2,1-2H3. The molecule has 0 spiro atoms. The molecule has 0 bridgehead atoms. The van der Waals surface area contributed by atoms with Gasteiger partial charge in [-0.15, -0.1) is 0 Å². The fraction of sp³-hybridized carbons (Fsp3) is 0.522. The number of hydrogen-bond donors (Lipinski definition) is 0. The van der Waals surface area contributed by atoms with E-state index in [0.29, 0.717) is 0 Å². The van der Waals surface area contributed by atoms with E-state index in [1.165, 1.54) is 44.1 Å². The Hall–Kier alpha value is -1.38. The van der Waals surface area contributed by atoms with Crippen LogP contribution in [0, 0.1) is 11.8 Å². The molecule has 1 aromatic carbocycles. The Kier molecular flexibility index (Phi) is 7.10. The minimum atomic E-state index is 0.177. The molecule has 3 heteroatoms. The second kappa shape index (κ2) is 9.53. The van der Waals surface area contributed by atoms with Crippen molar-refractivity contribution in [3.8, 4) is 0 Å². The van der Waals surface area contributed by atoms with Gasteiger partial charge in [-0.3, -0.25) is 9.88 Å². The largest absolute Gasteiger partial charge is 0.294 e. The van der Waals surface area contributed by atoms with Gasteiger partial charge in [-0.1, -0.05) is 62.4 Å². The van der Waals surface area contributed by atoms with Gasteiger partial charge in [0.1, 0.15) is 0 Å². The smallest absolute Gasteiger partial charge is 0.0774 e. The SMILES string of the molecule is CC1CCCCC(CN(C)C(c2ccc(Cl)cc2)c2ccccn2)CC1. The number of pyridine rings is 1. The van der Waals surface area contributed by atoms with Crippen molar-refractivity contribution in [2.75, 3.05) is 13.6 Å². The molecule has 2 aromatic rings. The highest BCUT2D eigenvalue weighted by Gasteiger charge is 2.24. The molecule has 140 valence electrons. The van der Waals surface area contributed by atoms with Crippen LogP contribution < -0.4 is 0 Å². The van der Waals surface area contributed by atoms with Crippen LogP contribution >= 0.6 is 11.6 Å². The molecule has 0 aliphatic heterocycles. The van der Waals surface area contributed by atoms with Gasteiger partial charge in [-0.2, -0.15) is 0 Å². The Morgan fingerprint density at radius 2 is 1.81 bits per heavy atom. The molecule has 1 aliphatic rings. The van der Waals surface area contributed by atoms with Gasteiger partial charge in [-0.25, -0.2) is 0 Å². The van der Waals surface area contributed by atoms with Crippen LogP contribution in [0.4, 0.5) is 0 Å². The molecule has 0 N–H and O–H groups in total. The van der Waals surface area contributed by atoms with Crippen molar-refractivity contribution in [2.24, 2.45) is 11.8 Å². The van der Waals surface area contributed by atoms with Crippen molar-refractivity contribution in [1.82, 2.24) is 9.88 Å². The second-order valence-electron chi connectivity index (χ2n) is 7.98. The summed E-state index contributed by atoms with van der Waals surface area (Å²) in [5, 5.41) is 0.783. The molecule has 0 saturated heterocycles. The Morgan fingerprint density at radius 1 is 1.04 bits per heavy atom. The first-order chi connectivity index (χ1) is 12.6. The Bertz CT molecular complexity index is 656. The third-order valence-corrected chi connectivity index (χ3v) is 6.02. The van der Waals surface area contributed by atoms with E-state index >= 15 is 0 Å². The van der Waals surface area contributed by atoms with Crippen LogP contribution in [0.2, 0.25) is 5.02 Å². The molecular weight excluding hydrogens is 340 g/mol. The summed E-state index contributed by atoms with van der Waals surface area (Å²) in [6.07, 6.45) is 10.1. The van der Waals surface area contributed by atoms with Crippen LogP contribution in [0.25, 0.3) is 0 Å². The summed E-state index contributed by atoms with van der Waals surface area (Å²) in [5.74, 6) is 1.66. The topological polar surface area (TPSA) is 16.1 Å². The summed E-state index contributed by atoms with van der Waals surface area (Å²) in [7, 11) is 2.25. The lowest BCUT2D eigenvalue weighted by Gasteiger charge is -2.33. The van der Waals surface area contributed by atoms with Crippen LogP contribution in [-0.4, -0.2) is 23.5 Å². The van der Waals surface area contributed by atoms with Gasteiger partial charge >= 0.3 is 0 Å². The van der Waals surface area contributed by atoms with E-state index in [9.17, 15) is 0 Å². The quantitative estimate of drug-likeness (QED) is 0.608. The van der Waals surface area contributed by atoms with E-state index in [1.54, 1.807) is 0 Å². The van der Waals surface area contributed by atoms with Gasteiger partial charge < -0.3 is 0 Å². The third kappa shape index (κ3) is 5.31. The van der Waals surface area contributed by atoms with Gasteiger partial charge in [0.05, 0.1) is 11.7 Å².